The zero-order valence-electron chi connectivity index (χ0n) is 10.8. The third-order valence-electron chi connectivity index (χ3n) is 3.17. The molecule has 0 spiro atoms. The molecule has 1 aromatic heterocycles. The Morgan fingerprint density at radius 1 is 1.53 bits per heavy atom. The molecule has 1 aliphatic rings. The number of ether oxygens (including phenoxy) is 1. The van der Waals surface area contributed by atoms with E-state index in [4.69, 9.17) is 10.00 Å². The smallest absolute Gasteiger partial charge is 0.409 e. The highest BCUT2D eigenvalue weighted by atomic mass is 16.5. The Morgan fingerprint density at radius 2 is 2.26 bits per heavy atom. The number of hydrogen-bond donors (Lipinski definition) is 1. The molecule has 1 N–H and O–H groups in total. The Kier molecular flexibility index (Phi) is 4.18. The minimum absolute atomic E-state index is 0.269. The fraction of sp³-hybridized carbons (Fsp3) is 0.462. The van der Waals surface area contributed by atoms with Crippen LogP contribution in [0.1, 0.15) is 18.4 Å². The van der Waals surface area contributed by atoms with Crippen LogP contribution < -0.4 is 5.32 Å². The quantitative estimate of drug-likeness (QED) is 0.873. The molecule has 1 aromatic rings. The lowest BCUT2D eigenvalue weighted by molar-refractivity contribution is 0.113. The number of nitrogens with one attached hydrogen (secondary N) is 1. The number of hydrogen-bond acceptors (Lipinski definition) is 5. The molecule has 0 saturated carbocycles. The first-order chi connectivity index (χ1) is 9.22. The highest BCUT2D eigenvalue weighted by Gasteiger charge is 2.23. The molecular weight excluding hydrogens is 244 g/mol. The number of aromatic nitrogens is 1. The lowest BCUT2D eigenvalue weighted by Gasteiger charge is -2.31. The second-order valence-electron chi connectivity index (χ2n) is 4.42. The molecule has 0 atom stereocenters. The summed E-state index contributed by atoms with van der Waals surface area (Å²) < 4.78 is 4.69. The predicted octanol–water partition coefficient (Wildman–Crippen LogP) is 1.60. The van der Waals surface area contributed by atoms with E-state index in [-0.39, 0.29) is 6.09 Å². The monoisotopic (exact) mass is 260 g/mol. The molecule has 100 valence electrons. The van der Waals surface area contributed by atoms with E-state index in [0.29, 0.717) is 24.7 Å². The van der Waals surface area contributed by atoms with Crippen LogP contribution in [0, 0.1) is 11.3 Å². The topological polar surface area (TPSA) is 78.2 Å². The molecule has 0 aromatic carbocycles. The maximum atomic E-state index is 11.3. The zero-order chi connectivity index (χ0) is 13.7. The van der Waals surface area contributed by atoms with Gasteiger partial charge in [-0.05, 0) is 25.0 Å². The van der Waals surface area contributed by atoms with Crippen molar-refractivity contribution in [2.24, 2.45) is 0 Å². The molecule has 2 heterocycles. The second kappa shape index (κ2) is 6.05. The Balaban J connectivity index is 1.85. The van der Waals surface area contributed by atoms with E-state index in [1.807, 2.05) is 6.07 Å². The van der Waals surface area contributed by atoms with Crippen LogP contribution in [0.15, 0.2) is 18.3 Å². The van der Waals surface area contributed by atoms with Gasteiger partial charge in [-0.2, -0.15) is 5.26 Å². The number of anilines is 1. The normalized spacial score (nSPS) is 15.7. The van der Waals surface area contributed by atoms with Gasteiger partial charge in [-0.1, -0.05) is 0 Å². The lowest BCUT2D eigenvalue weighted by atomic mass is 10.1. The summed E-state index contributed by atoms with van der Waals surface area (Å²) in [6.07, 6.45) is 2.99. The molecular formula is C13H16N4O2. The van der Waals surface area contributed by atoms with Gasteiger partial charge in [-0.25, -0.2) is 9.78 Å². The number of methoxy groups -OCH3 is 1. The van der Waals surface area contributed by atoms with Gasteiger partial charge < -0.3 is 15.0 Å². The van der Waals surface area contributed by atoms with Crippen molar-refractivity contribution in [1.82, 2.24) is 9.88 Å². The highest BCUT2D eigenvalue weighted by Crippen LogP contribution is 2.15. The average Bonchev–Trinajstić information content (AvgIpc) is 2.48. The van der Waals surface area contributed by atoms with E-state index in [0.717, 1.165) is 18.7 Å². The second-order valence-corrected chi connectivity index (χ2v) is 4.42. The number of carbonyl (C=O) groups is 1. The van der Waals surface area contributed by atoms with Gasteiger partial charge in [-0.3, -0.25) is 0 Å². The minimum Gasteiger partial charge on any atom is -0.453 e. The molecule has 6 heteroatoms. The van der Waals surface area contributed by atoms with Gasteiger partial charge in [-0.15, -0.1) is 0 Å². The Bertz CT molecular complexity index is 472. The Hall–Kier alpha value is -2.29. The molecule has 1 saturated heterocycles. The molecule has 0 radical (unpaired) electrons. The zero-order valence-corrected chi connectivity index (χ0v) is 10.8. The number of rotatable bonds is 2. The average molecular weight is 260 g/mol. The van der Waals surface area contributed by atoms with E-state index < -0.39 is 0 Å². The lowest BCUT2D eigenvalue weighted by Crippen LogP contribution is -2.42. The van der Waals surface area contributed by atoms with Crippen LogP contribution in [-0.4, -0.2) is 42.2 Å². The van der Waals surface area contributed by atoms with Crippen molar-refractivity contribution in [3.63, 3.8) is 0 Å². The highest BCUT2D eigenvalue weighted by molar-refractivity contribution is 5.67. The van der Waals surface area contributed by atoms with Crippen LogP contribution in [0.4, 0.5) is 10.6 Å². The van der Waals surface area contributed by atoms with E-state index in [9.17, 15) is 4.79 Å². The van der Waals surface area contributed by atoms with Crippen LogP contribution in [0.25, 0.3) is 0 Å². The summed E-state index contributed by atoms with van der Waals surface area (Å²) in [5.74, 6) is 0.760. The fourth-order valence-electron chi connectivity index (χ4n) is 2.09. The van der Waals surface area contributed by atoms with Crippen molar-refractivity contribution >= 4 is 11.9 Å². The number of amides is 1. The first kappa shape index (κ1) is 13.1. The summed E-state index contributed by atoms with van der Waals surface area (Å²) in [7, 11) is 1.40. The number of pyridine rings is 1. The number of nitrogens with zero attached hydrogens (tertiary/aromatic N) is 3. The molecule has 1 aliphatic heterocycles. The first-order valence-electron chi connectivity index (χ1n) is 6.18. The molecule has 6 nitrogen and oxygen atoms in total. The number of piperidine rings is 1. The largest absolute Gasteiger partial charge is 0.453 e. The third-order valence-corrected chi connectivity index (χ3v) is 3.17. The van der Waals surface area contributed by atoms with Gasteiger partial charge in [0.1, 0.15) is 11.9 Å². The van der Waals surface area contributed by atoms with Crippen molar-refractivity contribution in [2.45, 2.75) is 18.9 Å². The third kappa shape index (κ3) is 3.35. The summed E-state index contributed by atoms with van der Waals surface area (Å²) in [5.41, 5.74) is 0.547. The maximum Gasteiger partial charge on any atom is 0.409 e. The van der Waals surface area contributed by atoms with Crippen molar-refractivity contribution in [2.75, 3.05) is 25.5 Å². The van der Waals surface area contributed by atoms with Crippen molar-refractivity contribution in [3.05, 3.63) is 23.9 Å². The van der Waals surface area contributed by atoms with Gasteiger partial charge in [0.2, 0.25) is 0 Å². The van der Waals surface area contributed by atoms with Gasteiger partial charge in [0, 0.05) is 25.3 Å². The molecule has 1 amide bonds. The van der Waals surface area contributed by atoms with Gasteiger partial charge in [0.15, 0.2) is 0 Å². The minimum atomic E-state index is -0.269. The summed E-state index contributed by atoms with van der Waals surface area (Å²) in [6.45, 7) is 1.36. The maximum absolute atomic E-state index is 11.3. The molecule has 0 aliphatic carbocycles. The molecule has 19 heavy (non-hydrogen) atoms. The molecule has 1 fully saturated rings. The van der Waals surface area contributed by atoms with Crippen LogP contribution in [0.5, 0.6) is 0 Å². The van der Waals surface area contributed by atoms with Gasteiger partial charge in [0.05, 0.1) is 12.7 Å². The van der Waals surface area contributed by atoms with Crippen LogP contribution >= 0.6 is 0 Å². The van der Waals surface area contributed by atoms with Gasteiger partial charge in [0.25, 0.3) is 0 Å². The van der Waals surface area contributed by atoms with Crippen LogP contribution in [0.3, 0.4) is 0 Å². The summed E-state index contributed by atoms with van der Waals surface area (Å²) in [5, 5.41) is 12.0. The fourth-order valence-corrected chi connectivity index (χ4v) is 2.09. The summed E-state index contributed by atoms with van der Waals surface area (Å²) in [4.78, 5) is 17.2. The molecule has 2 rings (SSSR count). The van der Waals surface area contributed by atoms with E-state index >= 15 is 0 Å². The molecule has 0 bridgehead atoms. The van der Waals surface area contributed by atoms with E-state index in [1.54, 1.807) is 23.2 Å². The van der Waals surface area contributed by atoms with Crippen LogP contribution in [-0.2, 0) is 4.74 Å². The summed E-state index contributed by atoms with van der Waals surface area (Å²) in [6, 6.07) is 5.86. The van der Waals surface area contributed by atoms with Gasteiger partial charge >= 0.3 is 6.09 Å². The SMILES string of the molecule is COC(=O)N1CCC(Nc2ccc(C#N)cn2)CC1. The van der Waals surface area contributed by atoms with E-state index in [2.05, 4.69) is 10.3 Å². The van der Waals surface area contributed by atoms with Crippen LogP contribution in [0.2, 0.25) is 0 Å². The first-order valence-corrected chi connectivity index (χ1v) is 6.18. The van der Waals surface area contributed by atoms with Crippen molar-refractivity contribution < 1.29 is 9.53 Å². The summed E-state index contributed by atoms with van der Waals surface area (Å²) >= 11 is 0. The predicted molar refractivity (Wildman–Crippen MR) is 69.6 cm³/mol. The van der Waals surface area contributed by atoms with Crippen molar-refractivity contribution in [1.29, 1.82) is 5.26 Å². The van der Waals surface area contributed by atoms with Crippen molar-refractivity contribution in [3.8, 4) is 6.07 Å². The number of likely N-dealkylation sites (tertiary alicyclic amines) is 1. The number of nitriles is 1. The molecule has 0 unspecified atom stereocenters. The Labute approximate surface area is 112 Å². The van der Waals surface area contributed by atoms with E-state index in [1.165, 1.54) is 7.11 Å². The standard InChI is InChI=1S/C13H16N4O2/c1-19-13(18)17-6-4-11(5-7-17)16-12-3-2-10(8-14)9-15-12/h2-3,9,11H,4-7H2,1H3,(H,15,16). The number of carbonyl (C=O) groups excluding carboxylic acids is 1. The Morgan fingerprint density at radius 3 is 2.79 bits per heavy atom.